The van der Waals surface area contributed by atoms with Crippen LogP contribution in [0.5, 0.6) is 0 Å². The van der Waals surface area contributed by atoms with E-state index in [-0.39, 0.29) is 0 Å². The van der Waals surface area contributed by atoms with Crippen molar-refractivity contribution >= 4 is 22.6 Å². The predicted molar refractivity (Wildman–Crippen MR) is 105 cm³/mol. The lowest BCUT2D eigenvalue weighted by atomic mass is 9.72. The fourth-order valence-corrected chi connectivity index (χ4v) is 3.27. The highest BCUT2D eigenvalue weighted by Crippen LogP contribution is 2.40. The molecule has 0 nitrogen and oxygen atoms in total. The fraction of sp³-hybridized carbons (Fsp3) is 0.500. The lowest BCUT2D eigenvalue weighted by Gasteiger charge is -2.33. The lowest BCUT2D eigenvalue weighted by molar-refractivity contribution is 0.377. The van der Waals surface area contributed by atoms with Crippen LogP contribution in [0.4, 0.5) is 0 Å². The standard InChI is InChI=1S/C20H29I/c1-6-16(2)9-7-11-18(15-21)12-13-19-17(3)10-8-14-20(19,4)5/h6-7,9,11-13H,8,10,14-15H2,1-5H3/b9-7-,13-12+,16-6-,18-11-. The van der Waals surface area contributed by atoms with Crippen molar-refractivity contribution < 1.29 is 0 Å². The molecule has 0 spiro atoms. The third-order valence-corrected chi connectivity index (χ3v) is 5.17. The van der Waals surface area contributed by atoms with Crippen LogP contribution in [0, 0.1) is 5.41 Å². The van der Waals surface area contributed by atoms with Gasteiger partial charge in [-0.2, -0.15) is 0 Å². The number of hydrogen-bond acceptors (Lipinski definition) is 0. The second kappa shape index (κ2) is 8.77. The first-order valence-electron chi connectivity index (χ1n) is 7.85. The Morgan fingerprint density at radius 3 is 2.57 bits per heavy atom. The van der Waals surface area contributed by atoms with Crippen molar-refractivity contribution in [3.05, 3.63) is 58.7 Å². The number of halogens is 1. The molecule has 0 atom stereocenters. The molecule has 0 heterocycles. The Balaban J connectivity index is 2.90. The van der Waals surface area contributed by atoms with Crippen molar-refractivity contribution in [1.82, 2.24) is 0 Å². The van der Waals surface area contributed by atoms with Crippen LogP contribution >= 0.6 is 22.6 Å². The molecule has 0 N–H and O–H groups in total. The smallest absolute Gasteiger partial charge is 0.0247 e. The molecular formula is C20H29I. The van der Waals surface area contributed by atoms with Crippen LogP contribution < -0.4 is 0 Å². The molecule has 0 aromatic carbocycles. The van der Waals surface area contributed by atoms with Crippen molar-refractivity contribution in [2.24, 2.45) is 5.41 Å². The van der Waals surface area contributed by atoms with Crippen molar-refractivity contribution in [1.29, 1.82) is 0 Å². The number of allylic oxidation sites excluding steroid dienone is 10. The van der Waals surface area contributed by atoms with Crippen LogP contribution in [0.1, 0.15) is 53.9 Å². The minimum absolute atomic E-state index is 0.326. The minimum atomic E-state index is 0.326. The van der Waals surface area contributed by atoms with Crippen LogP contribution in [0.25, 0.3) is 0 Å². The fourth-order valence-electron chi connectivity index (χ4n) is 2.77. The Morgan fingerprint density at radius 1 is 1.29 bits per heavy atom. The van der Waals surface area contributed by atoms with Gasteiger partial charge >= 0.3 is 0 Å². The van der Waals surface area contributed by atoms with Gasteiger partial charge in [0, 0.05) is 4.43 Å². The molecule has 0 aromatic rings. The molecule has 1 aliphatic rings. The third kappa shape index (κ3) is 5.98. The number of hydrogen-bond donors (Lipinski definition) is 0. The zero-order valence-electron chi connectivity index (χ0n) is 14.2. The quantitative estimate of drug-likeness (QED) is 0.268. The van der Waals surface area contributed by atoms with E-state index < -0.39 is 0 Å². The maximum absolute atomic E-state index is 2.44. The largest absolute Gasteiger partial charge is 0.0847 e. The second-order valence-electron chi connectivity index (χ2n) is 6.53. The van der Waals surface area contributed by atoms with Gasteiger partial charge in [-0.15, -0.1) is 0 Å². The average molecular weight is 396 g/mol. The Hall–Kier alpha value is -0.570. The van der Waals surface area contributed by atoms with E-state index in [1.54, 1.807) is 5.57 Å². The summed E-state index contributed by atoms with van der Waals surface area (Å²) in [5, 5.41) is 0. The van der Waals surface area contributed by atoms with Gasteiger partial charge in [0.2, 0.25) is 0 Å². The van der Waals surface area contributed by atoms with E-state index in [1.165, 1.54) is 36.0 Å². The molecule has 0 aromatic heterocycles. The van der Waals surface area contributed by atoms with Crippen molar-refractivity contribution in [3.8, 4) is 0 Å². The maximum atomic E-state index is 2.44. The molecular weight excluding hydrogens is 367 g/mol. The van der Waals surface area contributed by atoms with E-state index in [2.05, 4.69) is 93.7 Å². The molecule has 0 fully saturated rings. The highest BCUT2D eigenvalue weighted by molar-refractivity contribution is 14.1. The molecule has 21 heavy (non-hydrogen) atoms. The highest BCUT2D eigenvalue weighted by Gasteiger charge is 2.26. The Kier molecular flexibility index (Phi) is 7.72. The molecule has 0 bridgehead atoms. The first-order valence-corrected chi connectivity index (χ1v) is 9.37. The van der Waals surface area contributed by atoms with Gasteiger partial charge in [0.05, 0.1) is 0 Å². The summed E-state index contributed by atoms with van der Waals surface area (Å²) in [6.45, 7) is 11.2. The summed E-state index contributed by atoms with van der Waals surface area (Å²) in [5.41, 5.74) is 6.10. The molecule has 0 saturated heterocycles. The zero-order valence-corrected chi connectivity index (χ0v) is 16.3. The topological polar surface area (TPSA) is 0 Å². The second-order valence-corrected chi connectivity index (χ2v) is 7.29. The van der Waals surface area contributed by atoms with E-state index in [4.69, 9.17) is 0 Å². The predicted octanol–water partition coefficient (Wildman–Crippen LogP) is 6.95. The van der Waals surface area contributed by atoms with Gasteiger partial charge in [0.25, 0.3) is 0 Å². The van der Waals surface area contributed by atoms with E-state index >= 15 is 0 Å². The van der Waals surface area contributed by atoms with Crippen LogP contribution in [0.3, 0.4) is 0 Å². The Bertz CT molecular complexity index is 496. The summed E-state index contributed by atoms with van der Waals surface area (Å²) < 4.78 is 1.04. The van der Waals surface area contributed by atoms with E-state index in [0.29, 0.717) is 5.41 Å². The third-order valence-electron chi connectivity index (χ3n) is 4.29. The maximum Gasteiger partial charge on any atom is 0.0247 e. The average Bonchev–Trinajstić information content (AvgIpc) is 2.43. The molecule has 1 heteroatoms. The van der Waals surface area contributed by atoms with Crippen LogP contribution in [-0.2, 0) is 0 Å². The lowest BCUT2D eigenvalue weighted by Crippen LogP contribution is -2.19. The summed E-state index contributed by atoms with van der Waals surface area (Å²) >= 11 is 2.44. The van der Waals surface area contributed by atoms with Crippen LogP contribution in [-0.4, -0.2) is 4.43 Å². The highest BCUT2D eigenvalue weighted by atomic mass is 127. The van der Waals surface area contributed by atoms with Crippen molar-refractivity contribution in [2.45, 2.75) is 53.9 Å². The summed E-state index contributed by atoms with van der Waals surface area (Å²) in [4.78, 5) is 0. The summed E-state index contributed by atoms with van der Waals surface area (Å²) in [6.07, 6.45) is 17.2. The SMILES string of the molecule is C\C=C(C)/C=C\C=C(\C=C\C1=C(C)CCCC1(C)C)CI. The molecule has 1 rings (SSSR count). The van der Waals surface area contributed by atoms with Crippen molar-refractivity contribution in [2.75, 3.05) is 4.43 Å². The zero-order chi connectivity index (χ0) is 15.9. The normalized spacial score (nSPS) is 20.9. The van der Waals surface area contributed by atoms with E-state index in [0.717, 1.165) is 4.43 Å². The molecule has 0 radical (unpaired) electrons. The van der Waals surface area contributed by atoms with Gasteiger partial charge < -0.3 is 0 Å². The monoisotopic (exact) mass is 396 g/mol. The molecule has 0 amide bonds. The summed E-state index contributed by atoms with van der Waals surface area (Å²) in [7, 11) is 0. The van der Waals surface area contributed by atoms with Crippen molar-refractivity contribution in [3.63, 3.8) is 0 Å². The summed E-state index contributed by atoms with van der Waals surface area (Å²) in [5.74, 6) is 0. The van der Waals surface area contributed by atoms with Gasteiger partial charge in [-0.1, -0.05) is 84.0 Å². The van der Waals surface area contributed by atoms with E-state index in [1.807, 2.05) is 0 Å². The summed E-state index contributed by atoms with van der Waals surface area (Å²) in [6, 6.07) is 0. The molecule has 0 saturated carbocycles. The number of rotatable bonds is 5. The molecule has 0 aliphatic heterocycles. The van der Waals surface area contributed by atoms with Crippen LogP contribution in [0.15, 0.2) is 58.7 Å². The Labute approximate surface area is 144 Å². The van der Waals surface area contributed by atoms with E-state index in [9.17, 15) is 0 Å². The first kappa shape index (κ1) is 18.5. The van der Waals surface area contributed by atoms with Crippen LogP contribution in [0.2, 0.25) is 0 Å². The molecule has 0 unspecified atom stereocenters. The van der Waals surface area contributed by atoms with Gasteiger partial charge in [0.15, 0.2) is 0 Å². The van der Waals surface area contributed by atoms with Gasteiger partial charge in [-0.3, -0.25) is 0 Å². The first-order chi connectivity index (χ1) is 9.90. The number of alkyl halides is 1. The Morgan fingerprint density at radius 2 is 2.00 bits per heavy atom. The van der Waals surface area contributed by atoms with Gasteiger partial charge in [-0.05, 0) is 56.6 Å². The molecule has 116 valence electrons. The molecule has 1 aliphatic carbocycles. The minimum Gasteiger partial charge on any atom is -0.0847 e. The van der Waals surface area contributed by atoms with Gasteiger partial charge in [0.1, 0.15) is 0 Å². The van der Waals surface area contributed by atoms with Gasteiger partial charge in [-0.25, -0.2) is 0 Å².